The van der Waals surface area contributed by atoms with Crippen LogP contribution in [0.3, 0.4) is 0 Å². The minimum absolute atomic E-state index is 0.206. The van der Waals surface area contributed by atoms with Crippen molar-refractivity contribution in [1.29, 1.82) is 0 Å². The van der Waals surface area contributed by atoms with Crippen LogP contribution in [0, 0.1) is 0 Å². The van der Waals surface area contributed by atoms with Gasteiger partial charge in [0.2, 0.25) is 0 Å². The first-order valence-corrected chi connectivity index (χ1v) is 8.00. The molecule has 25 heavy (non-hydrogen) atoms. The number of primary amides is 1. The Kier molecular flexibility index (Phi) is 5.15. The molecule has 0 saturated carbocycles. The highest BCUT2D eigenvalue weighted by Gasteiger charge is 2.28. The molecule has 1 aliphatic heterocycles. The van der Waals surface area contributed by atoms with Crippen LogP contribution in [-0.2, 0) is 4.79 Å². The van der Waals surface area contributed by atoms with Crippen molar-refractivity contribution in [3.63, 3.8) is 0 Å². The number of urea groups is 1. The lowest BCUT2D eigenvalue weighted by Gasteiger charge is -2.26. The first-order valence-electron chi connectivity index (χ1n) is 8.00. The number of imide groups is 1. The number of fused-ring (bicyclic) bond motifs is 1. The van der Waals surface area contributed by atoms with E-state index in [0.717, 1.165) is 5.56 Å². The Hall–Kier alpha value is -3.06. The number of benzene rings is 2. The number of hydrogen-bond acceptors (Lipinski definition) is 4. The summed E-state index contributed by atoms with van der Waals surface area (Å²) in [6.07, 6.45) is -0.206. The topological polar surface area (TPSA) is 107 Å². The van der Waals surface area contributed by atoms with Crippen molar-refractivity contribution < 1.29 is 24.4 Å². The normalized spacial score (nSPS) is 16.7. The number of quaternary nitrogens is 1. The second kappa shape index (κ2) is 7.67. The molecule has 1 heterocycles. The lowest BCUT2D eigenvalue weighted by atomic mass is 10.1. The van der Waals surface area contributed by atoms with Gasteiger partial charge in [0.05, 0.1) is 0 Å². The monoisotopic (exact) mass is 342 g/mol. The van der Waals surface area contributed by atoms with Gasteiger partial charge in [-0.3, -0.25) is 10.1 Å². The summed E-state index contributed by atoms with van der Waals surface area (Å²) in [6, 6.07) is 15.2. The predicted octanol–water partition coefficient (Wildman–Crippen LogP) is 0.326. The van der Waals surface area contributed by atoms with Gasteiger partial charge in [0, 0.05) is 5.56 Å². The number of carbonyl (C=O) groups is 2. The summed E-state index contributed by atoms with van der Waals surface area (Å²) >= 11 is 0. The maximum absolute atomic E-state index is 12.3. The third-order valence-corrected chi connectivity index (χ3v) is 3.89. The van der Waals surface area contributed by atoms with Crippen molar-refractivity contribution in [2.75, 3.05) is 13.2 Å². The van der Waals surface area contributed by atoms with E-state index in [1.165, 1.54) is 0 Å². The summed E-state index contributed by atoms with van der Waals surface area (Å²) in [6.45, 7) is 0.881. The fourth-order valence-corrected chi connectivity index (χ4v) is 2.72. The van der Waals surface area contributed by atoms with E-state index in [1.54, 1.807) is 0 Å². The molecule has 2 aromatic carbocycles. The number of nitrogens with two attached hydrogens (primary N) is 2. The molecule has 0 spiro atoms. The number of rotatable bonds is 5. The highest BCUT2D eigenvalue weighted by Crippen LogP contribution is 2.30. The van der Waals surface area contributed by atoms with Gasteiger partial charge in [-0.1, -0.05) is 42.5 Å². The van der Waals surface area contributed by atoms with Gasteiger partial charge in [-0.2, -0.15) is 0 Å². The average molecular weight is 342 g/mol. The summed E-state index contributed by atoms with van der Waals surface area (Å²) in [5, 5.41) is 3.96. The lowest BCUT2D eigenvalue weighted by Crippen LogP contribution is -2.90. The number of ether oxygens (including phenoxy) is 2. The number of hydrogen-bond donors (Lipinski definition) is 3. The molecule has 0 unspecified atom stereocenters. The molecule has 2 aromatic rings. The first-order chi connectivity index (χ1) is 12.1. The molecule has 7 heteroatoms. The molecule has 2 atom stereocenters. The number of amides is 3. The smallest absolute Gasteiger partial charge is 0.319 e. The molecule has 5 N–H and O–H groups in total. The predicted molar refractivity (Wildman–Crippen MR) is 90.1 cm³/mol. The summed E-state index contributed by atoms with van der Waals surface area (Å²) in [5.41, 5.74) is 5.85. The Bertz CT molecular complexity index is 751. The van der Waals surface area contributed by atoms with Crippen LogP contribution < -0.4 is 25.8 Å². The molecule has 0 aromatic heterocycles. The Morgan fingerprint density at radius 3 is 2.52 bits per heavy atom. The molecule has 0 bridgehead atoms. The molecule has 3 amide bonds. The molecule has 0 saturated heterocycles. The van der Waals surface area contributed by atoms with Crippen molar-refractivity contribution >= 4 is 11.9 Å². The van der Waals surface area contributed by atoms with E-state index in [4.69, 9.17) is 15.2 Å². The Morgan fingerprint density at radius 1 is 1.12 bits per heavy atom. The number of nitrogens with one attached hydrogen (secondary N) is 1. The van der Waals surface area contributed by atoms with Crippen LogP contribution in [0.15, 0.2) is 54.6 Å². The van der Waals surface area contributed by atoms with Gasteiger partial charge in [0.1, 0.15) is 13.2 Å². The van der Waals surface area contributed by atoms with Crippen molar-refractivity contribution in [2.24, 2.45) is 5.73 Å². The highest BCUT2D eigenvalue weighted by molar-refractivity contribution is 5.96. The summed E-state index contributed by atoms with van der Waals surface area (Å²) < 4.78 is 11.6. The van der Waals surface area contributed by atoms with E-state index in [9.17, 15) is 9.59 Å². The summed E-state index contributed by atoms with van der Waals surface area (Å²) in [5.74, 6) is 0.936. The van der Waals surface area contributed by atoms with Gasteiger partial charge in [-0.05, 0) is 12.1 Å². The van der Waals surface area contributed by atoms with Gasteiger partial charge >= 0.3 is 6.03 Å². The van der Waals surface area contributed by atoms with E-state index in [2.05, 4.69) is 5.32 Å². The molecule has 0 aliphatic carbocycles. The van der Waals surface area contributed by atoms with Crippen molar-refractivity contribution in [2.45, 2.75) is 12.1 Å². The molecular weight excluding hydrogens is 322 g/mol. The van der Waals surface area contributed by atoms with Gasteiger partial charge < -0.3 is 20.5 Å². The van der Waals surface area contributed by atoms with Gasteiger partial charge in [0.15, 0.2) is 23.6 Å². The molecular formula is C18H20N3O4+. The second-order valence-electron chi connectivity index (χ2n) is 5.71. The maximum Gasteiger partial charge on any atom is 0.319 e. The molecule has 3 rings (SSSR count). The zero-order valence-corrected chi connectivity index (χ0v) is 13.6. The van der Waals surface area contributed by atoms with Crippen molar-refractivity contribution in [3.8, 4) is 11.5 Å². The third-order valence-electron chi connectivity index (χ3n) is 3.89. The van der Waals surface area contributed by atoms with E-state index >= 15 is 0 Å². The molecule has 0 fully saturated rings. The zero-order chi connectivity index (χ0) is 17.6. The second-order valence-corrected chi connectivity index (χ2v) is 5.71. The van der Waals surface area contributed by atoms with E-state index in [-0.39, 0.29) is 6.10 Å². The average Bonchev–Trinajstić information content (AvgIpc) is 2.62. The number of para-hydroxylation sites is 2. The fourth-order valence-electron chi connectivity index (χ4n) is 2.72. The first kappa shape index (κ1) is 16.8. The highest BCUT2D eigenvalue weighted by atomic mass is 16.6. The van der Waals surface area contributed by atoms with Crippen molar-refractivity contribution in [1.82, 2.24) is 5.32 Å². The van der Waals surface area contributed by atoms with E-state index in [1.807, 2.05) is 59.9 Å². The van der Waals surface area contributed by atoms with Crippen LogP contribution in [0.5, 0.6) is 11.5 Å². The maximum atomic E-state index is 12.3. The minimum atomic E-state index is -0.870. The van der Waals surface area contributed by atoms with Gasteiger partial charge in [0.25, 0.3) is 5.91 Å². The minimum Gasteiger partial charge on any atom is -0.486 e. The third kappa shape index (κ3) is 4.27. The lowest BCUT2D eigenvalue weighted by molar-refractivity contribution is -0.688. The zero-order valence-electron chi connectivity index (χ0n) is 13.6. The Morgan fingerprint density at radius 2 is 1.80 bits per heavy atom. The SMILES string of the molecule is NC(=O)NC(=O)[C@@H]([NH2+]C[C@H]1COc2ccccc2O1)c1ccccc1. The largest absolute Gasteiger partial charge is 0.486 e. The van der Waals surface area contributed by atoms with Crippen LogP contribution >= 0.6 is 0 Å². The number of carbonyl (C=O) groups excluding carboxylic acids is 2. The van der Waals surface area contributed by atoms with E-state index in [0.29, 0.717) is 24.7 Å². The molecule has 1 aliphatic rings. The molecule has 7 nitrogen and oxygen atoms in total. The van der Waals surface area contributed by atoms with Crippen LogP contribution in [0.4, 0.5) is 4.79 Å². The van der Waals surface area contributed by atoms with Crippen LogP contribution in [-0.4, -0.2) is 31.2 Å². The quantitative estimate of drug-likeness (QED) is 0.727. The van der Waals surface area contributed by atoms with Gasteiger partial charge in [-0.15, -0.1) is 0 Å². The standard InChI is InChI=1S/C18H19N3O4/c19-18(23)21-17(22)16(12-6-2-1-3-7-12)20-10-13-11-24-14-8-4-5-9-15(14)25-13/h1-9,13,16,20H,10-11H2,(H3,19,21,22,23)/p+1/t13-,16-/m0/s1. The molecule has 0 radical (unpaired) electrons. The van der Waals surface area contributed by atoms with Gasteiger partial charge in [-0.25, -0.2) is 4.79 Å². The Labute approximate surface area is 145 Å². The Balaban J connectivity index is 1.67. The van der Waals surface area contributed by atoms with Crippen molar-refractivity contribution in [3.05, 3.63) is 60.2 Å². The van der Waals surface area contributed by atoms with Crippen LogP contribution in [0.2, 0.25) is 0 Å². The van der Waals surface area contributed by atoms with Crippen LogP contribution in [0.1, 0.15) is 11.6 Å². The fraction of sp³-hybridized carbons (Fsp3) is 0.222. The summed E-state index contributed by atoms with van der Waals surface area (Å²) in [4.78, 5) is 23.3. The molecule has 130 valence electrons. The van der Waals surface area contributed by atoms with Crippen LogP contribution in [0.25, 0.3) is 0 Å². The summed E-state index contributed by atoms with van der Waals surface area (Å²) in [7, 11) is 0. The van der Waals surface area contributed by atoms with E-state index < -0.39 is 18.0 Å².